The molecule has 0 saturated heterocycles. The van der Waals surface area contributed by atoms with E-state index in [1.807, 2.05) is 0 Å². The maximum absolute atomic E-state index is 14.9. The summed E-state index contributed by atoms with van der Waals surface area (Å²) < 4.78 is 56.2. The van der Waals surface area contributed by atoms with Crippen molar-refractivity contribution in [3.63, 3.8) is 0 Å². The molecule has 0 fully saturated rings. The number of pyridine rings is 1. The molecule has 1 aliphatic heterocycles. The first-order valence-corrected chi connectivity index (χ1v) is 9.82. The van der Waals surface area contributed by atoms with Crippen LogP contribution in [0.5, 0.6) is 0 Å². The predicted molar refractivity (Wildman–Crippen MR) is 107 cm³/mol. The lowest BCUT2D eigenvalue weighted by Crippen LogP contribution is -2.49. The van der Waals surface area contributed by atoms with Gasteiger partial charge in [0, 0.05) is 28.9 Å². The minimum absolute atomic E-state index is 0.0204. The van der Waals surface area contributed by atoms with E-state index in [1.165, 1.54) is 30.5 Å². The lowest BCUT2D eigenvalue weighted by Gasteiger charge is -2.43. The fourth-order valence-electron chi connectivity index (χ4n) is 3.73. The summed E-state index contributed by atoms with van der Waals surface area (Å²) in [5.74, 6) is 0.160. The van der Waals surface area contributed by atoms with E-state index >= 15 is 0 Å². The third kappa shape index (κ3) is 4.22. The van der Waals surface area contributed by atoms with Crippen LogP contribution in [0, 0.1) is 0 Å². The van der Waals surface area contributed by atoms with Gasteiger partial charge in [0.15, 0.2) is 6.29 Å². The normalized spacial score (nSPS) is 18.7. The Bertz CT molecular complexity index is 863. The highest BCUT2D eigenvalue weighted by Crippen LogP contribution is 2.56. The fourth-order valence-corrected chi connectivity index (χ4v) is 3.90. The van der Waals surface area contributed by atoms with E-state index in [9.17, 15) is 13.2 Å². The average Bonchev–Trinajstić information content (AvgIpc) is 2.59. The summed E-state index contributed by atoms with van der Waals surface area (Å²) in [7, 11) is 0. The maximum Gasteiger partial charge on any atom is 0.402 e. The summed E-state index contributed by atoms with van der Waals surface area (Å²) in [5.41, 5.74) is -2.03. The molecule has 29 heavy (non-hydrogen) atoms. The summed E-state index contributed by atoms with van der Waals surface area (Å²) in [6, 6.07) is 7.38. The smallest absolute Gasteiger partial charge is 0.350 e. The number of hydrogen-bond donors (Lipinski definition) is 1. The zero-order valence-electron chi connectivity index (χ0n) is 16.7. The Hall–Kier alpha value is -1.83. The first kappa shape index (κ1) is 21.9. The van der Waals surface area contributed by atoms with Crippen molar-refractivity contribution in [3.05, 3.63) is 52.7 Å². The van der Waals surface area contributed by atoms with Gasteiger partial charge in [-0.25, -0.2) is 4.98 Å². The van der Waals surface area contributed by atoms with Crippen LogP contribution in [0.2, 0.25) is 5.02 Å². The summed E-state index contributed by atoms with van der Waals surface area (Å²) >= 11 is 6.11. The number of fused-ring (bicyclic) bond motifs is 2. The molecule has 1 aromatic carbocycles. The third-order valence-corrected chi connectivity index (χ3v) is 5.00. The number of nitrogens with one attached hydrogen (secondary N) is 1. The maximum atomic E-state index is 14.9. The van der Waals surface area contributed by atoms with Gasteiger partial charge in [0.05, 0.1) is 12.2 Å². The van der Waals surface area contributed by atoms with E-state index in [0.717, 1.165) is 0 Å². The highest BCUT2D eigenvalue weighted by Gasteiger charge is 2.61. The molecule has 8 heteroatoms. The van der Waals surface area contributed by atoms with Crippen molar-refractivity contribution < 1.29 is 22.6 Å². The van der Waals surface area contributed by atoms with Gasteiger partial charge in [0.2, 0.25) is 0 Å². The monoisotopic (exact) mass is 428 g/mol. The Morgan fingerprint density at radius 2 is 1.72 bits per heavy atom. The van der Waals surface area contributed by atoms with E-state index in [1.54, 1.807) is 33.8 Å². The van der Waals surface area contributed by atoms with Crippen LogP contribution in [0.25, 0.3) is 0 Å². The minimum atomic E-state index is -4.65. The number of nitrogens with zero attached hydrogens (tertiary/aromatic N) is 1. The minimum Gasteiger partial charge on any atom is -0.350 e. The number of rotatable bonds is 6. The molecule has 3 rings (SSSR count). The van der Waals surface area contributed by atoms with Crippen molar-refractivity contribution in [1.82, 2.24) is 4.98 Å². The molecule has 1 unspecified atom stereocenters. The summed E-state index contributed by atoms with van der Waals surface area (Å²) in [5, 5.41) is 3.22. The van der Waals surface area contributed by atoms with Crippen molar-refractivity contribution in [2.75, 3.05) is 5.32 Å². The molecule has 1 atom stereocenters. The summed E-state index contributed by atoms with van der Waals surface area (Å²) in [6.07, 6.45) is -5.34. The molecule has 0 spiro atoms. The van der Waals surface area contributed by atoms with Gasteiger partial charge in [0.25, 0.3) is 0 Å². The van der Waals surface area contributed by atoms with Crippen LogP contribution in [0.15, 0.2) is 36.5 Å². The molecule has 1 aromatic heterocycles. The standard InChI is InChI=1S/C21H24ClF3N2O2/c1-12(2)28-18(29-13(3)4)11-20(21(23,24)25)15-6-5-9-26-19(15)27-17-8-7-14(22)10-16(17)20/h5-10,12-13,18H,11H2,1-4H3,(H,26,27). The summed E-state index contributed by atoms with van der Waals surface area (Å²) in [4.78, 5) is 4.15. The molecule has 158 valence electrons. The number of hydrogen-bond acceptors (Lipinski definition) is 4. The van der Waals surface area contributed by atoms with Crippen LogP contribution in [0.1, 0.15) is 45.2 Å². The molecule has 0 radical (unpaired) electrons. The van der Waals surface area contributed by atoms with Gasteiger partial charge < -0.3 is 14.8 Å². The van der Waals surface area contributed by atoms with E-state index in [-0.39, 0.29) is 34.2 Å². The van der Waals surface area contributed by atoms with E-state index in [0.29, 0.717) is 5.69 Å². The predicted octanol–water partition coefficient (Wildman–Crippen LogP) is 6.21. The Balaban J connectivity index is 2.25. The van der Waals surface area contributed by atoms with Crippen LogP contribution >= 0.6 is 11.6 Å². The number of alkyl halides is 3. The molecule has 2 aromatic rings. The lowest BCUT2D eigenvalue weighted by molar-refractivity contribution is -0.230. The quantitative estimate of drug-likeness (QED) is 0.556. The molecular formula is C21H24ClF3N2O2. The van der Waals surface area contributed by atoms with Crippen LogP contribution in [0.3, 0.4) is 0 Å². The molecule has 1 aliphatic rings. The molecular weight excluding hydrogens is 405 g/mol. The van der Waals surface area contributed by atoms with Crippen molar-refractivity contribution in [1.29, 1.82) is 0 Å². The van der Waals surface area contributed by atoms with Crippen LogP contribution < -0.4 is 5.32 Å². The number of ether oxygens (including phenoxy) is 2. The second-order valence-electron chi connectivity index (χ2n) is 7.62. The van der Waals surface area contributed by atoms with Gasteiger partial charge in [-0.1, -0.05) is 17.7 Å². The van der Waals surface area contributed by atoms with E-state index < -0.39 is 24.3 Å². The Morgan fingerprint density at radius 1 is 1.07 bits per heavy atom. The van der Waals surface area contributed by atoms with Crippen molar-refractivity contribution in [3.8, 4) is 0 Å². The lowest BCUT2D eigenvalue weighted by atomic mass is 9.69. The van der Waals surface area contributed by atoms with Gasteiger partial charge >= 0.3 is 6.18 Å². The average molecular weight is 429 g/mol. The molecule has 0 saturated carbocycles. The number of anilines is 2. The largest absolute Gasteiger partial charge is 0.402 e. The third-order valence-electron chi connectivity index (χ3n) is 4.77. The van der Waals surface area contributed by atoms with Gasteiger partial charge in [-0.05, 0) is 57.5 Å². The number of benzene rings is 1. The second kappa shape index (κ2) is 8.13. The topological polar surface area (TPSA) is 43.4 Å². The van der Waals surface area contributed by atoms with Crippen molar-refractivity contribution in [2.45, 2.75) is 64.2 Å². The number of aromatic nitrogens is 1. The van der Waals surface area contributed by atoms with Gasteiger partial charge in [-0.3, -0.25) is 0 Å². The fraction of sp³-hybridized carbons (Fsp3) is 0.476. The molecule has 0 amide bonds. The summed E-state index contributed by atoms with van der Waals surface area (Å²) in [6.45, 7) is 7.05. The SMILES string of the molecule is CC(C)OC(CC1(C(F)(F)F)c2cc(Cl)ccc2Nc2ncccc21)OC(C)C. The Labute approximate surface area is 173 Å². The van der Waals surface area contributed by atoms with Gasteiger partial charge in [-0.15, -0.1) is 0 Å². The molecule has 0 bridgehead atoms. The zero-order chi connectivity index (χ0) is 21.4. The first-order chi connectivity index (χ1) is 13.5. The highest BCUT2D eigenvalue weighted by molar-refractivity contribution is 6.30. The zero-order valence-corrected chi connectivity index (χ0v) is 17.4. The molecule has 1 N–H and O–H groups in total. The number of halogens is 4. The van der Waals surface area contributed by atoms with Crippen LogP contribution in [-0.2, 0) is 14.9 Å². The van der Waals surface area contributed by atoms with Crippen molar-refractivity contribution >= 4 is 23.1 Å². The molecule has 4 nitrogen and oxygen atoms in total. The van der Waals surface area contributed by atoms with Gasteiger partial charge in [0.1, 0.15) is 11.2 Å². The Morgan fingerprint density at radius 3 is 2.31 bits per heavy atom. The first-order valence-electron chi connectivity index (χ1n) is 9.45. The van der Waals surface area contributed by atoms with Crippen LogP contribution in [-0.4, -0.2) is 29.7 Å². The van der Waals surface area contributed by atoms with Crippen molar-refractivity contribution in [2.24, 2.45) is 0 Å². The highest BCUT2D eigenvalue weighted by atomic mass is 35.5. The van der Waals surface area contributed by atoms with Gasteiger partial charge in [-0.2, -0.15) is 13.2 Å². The van der Waals surface area contributed by atoms with Crippen LogP contribution in [0.4, 0.5) is 24.7 Å². The van der Waals surface area contributed by atoms with E-state index in [4.69, 9.17) is 21.1 Å². The Kier molecular flexibility index (Phi) is 6.13. The second-order valence-corrected chi connectivity index (χ2v) is 8.06. The molecule has 2 heterocycles. The molecule has 0 aliphatic carbocycles. The van der Waals surface area contributed by atoms with E-state index in [2.05, 4.69) is 10.3 Å².